The lowest BCUT2D eigenvalue weighted by atomic mass is 10.1. The van der Waals surface area contributed by atoms with Gasteiger partial charge in [-0.05, 0) is 59.8 Å². The van der Waals surface area contributed by atoms with Crippen LogP contribution in [0.3, 0.4) is 0 Å². The fourth-order valence-corrected chi connectivity index (χ4v) is 5.04. The van der Waals surface area contributed by atoms with Crippen LogP contribution in [0.1, 0.15) is 27.7 Å². The number of rotatable bonds is 3. The minimum atomic E-state index is -0.196. The van der Waals surface area contributed by atoms with E-state index >= 15 is 0 Å². The van der Waals surface area contributed by atoms with E-state index < -0.39 is 0 Å². The van der Waals surface area contributed by atoms with Crippen molar-refractivity contribution in [2.24, 2.45) is 0 Å². The van der Waals surface area contributed by atoms with Crippen molar-refractivity contribution in [1.29, 1.82) is 0 Å². The normalized spacial score (nSPS) is 15.0. The summed E-state index contributed by atoms with van der Waals surface area (Å²) in [5.74, 6) is 0.644. The van der Waals surface area contributed by atoms with Crippen molar-refractivity contribution >= 4 is 23.1 Å². The molecule has 0 bridgehead atoms. The Bertz CT molecular complexity index is 1230. The highest BCUT2D eigenvalue weighted by atomic mass is 32.1. The summed E-state index contributed by atoms with van der Waals surface area (Å²) in [4.78, 5) is 16.7. The molecule has 3 heterocycles. The highest BCUT2D eigenvalue weighted by Crippen LogP contribution is 2.39. The monoisotopic (exact) mass is 429 g/mol. The van der Waals surface area contributed by atoms with Crippen molar-refractivity contribution < 1.29 is 9.53 Å². The van der Waals surface area contributed by atoms with E-state index in [-0.39, 0.29) is 12.1 Å². The number of thiophene rings is 1. The molecular weight excluding hydrogens is 406 g/mol. The van der Waals surface area contributed by atoms with Crippen molar-refractivity contribution in [2.45, 2.75) is 19.5 Å². The maximum atomic E-state index is 13.7. The van der Waals surface area contributed by atoms with Gasteiger partial charge in [-0.1, -0.05) is 30.3 Å². The number of urea groups is 1. The van der Waals surface area contributed by atoms with Gasteiger partial charge in [-0.2, -0.15) is 0 Å². The van der Waals surface area contributed by atoms with Crippen LogP contribution in [0.5, 0.6) is 5.75 Å². The summed E-state index contributed by atoms with van der Waals surface area (Å²) in [7, 11) is 1.61. The quantitative estimate of drug-likeness (QED) is 0.435. The van der Waals surface area contributed by atoms with Crippen LogP contribution in [0.15, 0.2) is 78.3 Å². The van der Waals surface area contributed by atoms with Crippen molar-refractivity contribution in [3.8, 4) is 11.4 Å². The number of fused-ring (bicyclic) bond motifs is 3. The molecule has 156 valence electrons. The highest BCUT2D eigenvalue weighted by molar-refractivity contribution is 7.10. The van der Waals surface area contributed by atoms with Crippen molar-refractivity contribution in [3.05, 3.63) is 100 Å². The van der Waals surface area contributed by atoms with Crippen LogP contribution in [0.25, 0.3) is 5.69 Å². The van der Waals surface area contributed by atoms with Gasteiger partial charge in [0.25, 0.3) is 0 Å². The predicted molar refractivity (Wildman–Crippen MR) is 124 cm³/mol. The molecule has 0 radical (unpaired) electrons. The van der Waals surface area contributed by atoms with E-state index in [0.717, 1.165) is 27.4 Å². The summed E-state index contributed by atoms with van der Waals surface area (Å²) in [6.45, 7) is 2.50. The van der Waals surface area contributed by atoms with Gasteiger partial charge in [0.05, 0.1) is 30.7 Å². The van der Waals surface area contributed by atoms with Gasteiger partial charge in [0, 0.05) is 11.1 Å². The standard InChI is InChI=1S/C25H23N3O2S/c1-17-11-12-22(30-2)19(15-17)26-25(29)28-16-18-7-3-4-8-20(18)27-13-5-9-21(27)24(28)23-10-6-14-31-23/h3-15,24H,16H2,1-2H3,(H,26,29). The number of ether oxygens (including phenoxy) is 1. The van der Waals surface area contributed by atoms with E-state index in [1.807, 2.05) is 54.3 Å². The third-order valence-electron chi connectivity index (χ3n) is 5.63. The maximum absolute atomic E-state index is 13.7. The second-order valence-electron chi connectivity index (χ2n) is 7.61. The maximum Gasteiger partial charge on any atom is 0.323 e. The number of amides is 2. The summed E-state index contributed by atoms with van der Waals surface area (Å²) in [6.07, 6.45) is 2.07. The van der Waals surface area contributed by atoms with E-state index in [2.05, 4.69) is 45.7 Å². The third-order valence-corrected chi connectivity index (χ3v) is 6.56. The number of carbonyl (C=O) groups excluding carboxylic acids is 1. The Hall–Kier alpha value is -3.51. The molecule has 1 unspecified atom stereocenters. The Morgan fingerprint density at radius 1 is 1.10 bits per heavy atom. The number of nitrogens with one attached hydrogen (secondary N) is 1. The molecule has 6 heteroatoms. The number of hydrogen-bond donors (Lipinski definition) is 1. The lowest BCUT2D eigenvalue weighted by molar-refractivity contribution is 0.195. The number of para-hydroxylation sites is 1. The summed E-state index contributed by atoms with van der Waals surface area (Å²) in [5, 5.41) is 5.16. The Morgan fingerprint density at radius 3 is 2.77 bits per heavy atom. The summed E-state index contributed by atoms with van der Waals surface area (Å²) >= 11 is 1.66. The molecule has 4 aromatic rings. The second kappa shape index (κ2) is 7.96. The van der Waals surface area contributed by atoms with E-state index in [9.17, 15) is 4.79 Å². The van der Waals surface area contributed by atoms with Gasteiger partial charge < -0.3 is 19.5 Å². The van der Waals surface area contributed by atoms with Crippen LogP contribution in [-0.2, 0) is 6.54 Å². The summed E-state index contributed by atoms with van der Waals surface area (Å²) < 4.78 is 7.67. The Kier molecular flexibility index (Phi) is 5.00. The molecule has 0 fully saturated rings. The molecule has 0 saturated heterocycles. The van der Waals surface area contributed by atoms with Gasteiger partial charge in [0.15, 0.2) is 0 Å². The predicted octanol–water partition coefficient (Wildman–Crippen LogP) is 5.99. The molecule has 5 rings (SSSR count). The van der Waals surface area contributed by atoms with Crippen molar-refractivity contribution in [2.75, 3.05) is 12.4 Å². The number of anilines is 1. The fourth-order valence-electron chi connectivity index (χ4n) is 4.19. The molecule has 1 atom stereocenters. The Labute approximate surface area is 185 Å². The van der Waals surface area contributed by atoms with E-state index in [1.54, 1.807) is 18.4 Å². The molecule has 2 amide bonds. The SMILES string of the molecule is COc1ccc(C)cc1NC(=O)N1Cc2ccccc2-n2cccc2C1c1cccs1. The van der Waals surface area contributed by atoms with E-state index in [1.165, 1.54) is 0 Å². The molecule has 0 spiro atoms. The third kappa shape index (κ3) is 3.49. The first kappa shape index (κ1) is 19.5. The average molecular weight is 430 g/mol. The number of aryl methyl sites for hydroxylation is 1. The number of methoxy groups -OCH3 is 1. The first-order valence-electron chi connectivity index (χ1n) is 10.2. The lowest BCUT2D eigenvalue weighted by Gasteiger charge is -2.30. The van der Waals surface area contributed by atoms with E-state index in [4.69, 9.17) is 4.74 Å². The highest BCUT2D eigenvalue weighted by Gasteiger charge is 2.33. The molecule has 0 saturated carbocycles. The fraction of sp³-hybridized carbons (Fsp3) is 0.160. The Morgan fingerprint density at radius 2 is 1.97 bits per heavy atom. The lowest BCUT2D eigenvalue weighted by Crippen LogP contribution is -2.37. The summed E-state index contributed by atoms with van der Waals surface area (Å²) in [5.41, 5.74) is 5.00. The largest absolute Gasteiger partial charge is 0.495 e. The van der Waals surface area contributed by atoms with Crippen LogP contribution >= 0.6 is 11.3 Å². The van der Waals surface area contributed by atoms with Gasteiger partial charge in [-0.15, -0.1) is 11.3 Å². The zero-order chi connectivity index (χ0) is 21.4. The molecule has 0 aliphatic carbocycles. The Balaban J connectivity index is 1.61. The first-order valence-corrected chi connectivity index (χ1v) is 11.0. The molecule has 31 heavy (non-hydrogen) atoms. The first-order chi connectivity index (χ1) is 15.2. The smallest absolute Gasteiger partial charge is 0.323 e. The van der Waals surface area contributed by atoms with Crippen molar-refractivity contribution in [1.82, 2.24) is 9.47 Å². The molecule has 2 aromatic heterocycles. The van der Waals surface area contributed by atoms with Gasteiger partial charge in [0.1, 0.15) is 11.8 Å². The molecule has 5 nitrogen and oxygen atoms in total. The van der Waals surface area contributed by atoms with Gasteiger partial charge >= 0.3 is 6.03 Å². The van der Waals surface area contributed by atoms with E-state index in [0.29, 0.717) is 18.0 Å². The number of aromatic nitrogens is 1. The molecular formula is C25H23N3O2S. The van der Waals surface area contributed by atoms with Gasteiger partial charge in [0.2, 0.25) is 0 Å². The number of carbonyl (C=O) groups is 1. The minimum Gasteiger partial charge on any atom is -0.495 e. The summed E-state index contributed by atoms with van der Waals surface area (Å²) in [6, 6.07) is 21.9. The van der Waals surface area contributed by atoms with Crippen molar-refractivity contribution in [3.63, 3.8) is 0 Å². The topological polar surface area (TPSA) is 46.5 Å². The zero-order valence-electron chi connectivity index (χ0n) is 17.4. The molecule has 2 aromatic carbocycles. The second-order valence-corrected chi connectivity index (χ2v) is 8.59. The van der Waals surface area contributed by atoms with Crippen LogP contribution < -0.4 is 10.1 Å². The zero-order valence-corrected chi connectivity index (χ0v) is 18.2. The van der Waals surface area contributed by atoms with Crippen LogP contribution in [-0.4, -0.2) is 22.6 Å². The number of benzene rings is 2. The number of hydrogen-bond acceptors (Lipinski definition) is 3. The van der Waals surface area contributed by atoms with Gasteiger partial charge in [-0.25, -0.2) is 4.79 Å². The molecule has 1 aliphatic rings. The number of nitrogens with zero attached hydrogens (tertiary/aromatic N) is 2. The van der Waals surface area contributed by atoms with Crippen LogP contribution in [0, 0.1) is 6.92 Å². The van der Waals surface area contributed by atoms with Crippen LogP contribution in [0.4, 0.5) is 10.5 Å². The minimum absolute atomic E-state index is 0.160. The molecule has 1 N–H and O–H groups in total. The average Bonchev–Trinajstić information content (AvgIpc) is 3.45. The molecule has 1 aliphatic heterocycles. The van der Waals surface area contributed by atoms with Gasteiger partial charge in [-0.3, -0.25) is 0 Å². The van der Waals surface area contributed by atoms with Crippen LogP contribution in [0.2, 0.25) is 0 Å².